The molecule has 6 rings (SSSR count). The van der Waals surface area contributed by atoms with Crippen LogP contribution in [0.1, 0.15) is 66.2 Å². The number of fused-ring (bicyclic) bond motifs is 2. The van der Waals surface area contributed by atoms with Gasteiger partial charge in [-0.2, -0.15) is 4.31 Å². The Bertz CT molecular complexity index is 1560. The van der Waals surface area contributed by atoms with Crippen LogP contribution >= 0.6 is 0 Å². The molecule has 0 spiro atoms. The van der Waals surface area contributed by atoms with E-state index in [9.17, 15) is 17.6 Å². The zero-order chi connectivity index (χ0) is 30.1. The van der Waals surface area contributed by atoms with Gasteiger partial charge in [-0.05, 0) is 85.4 Å². The highest BCUT2D eigenvalue weighted by atomic mass is 32.2. The van der Waals surface area contributed by atoms with Crippen molar-refractivity contribution in [3.63, 3.8) is 0 Å². The van der Waals surface area contributed by atoms with Crippen LogP contribution in [0.15, 0.2) is 66.7 Å². The smallest absolute Gasteiger partial charge is 0.242 e. The Labute approximate surface area is 251 Å². The average Bonchev–Trinajstić information content (AvgIpc) is 3.85. The van der Waals surface area contributed by atoms with Gasteiger partial charge in [-0.15, -0.1) is 0 Å². The molecule has 2 bridgehead atoms. The number of nitrogens with zero attached hydrogens (tertiary/aromatic N) is 1. The number of hydrogen-bond acceptors (Lipinski definition) is 5. The predicted octanol–water partition coefficient (Wildman–Crippen LogP) is 4.64. The Morgan fingerprint density at radius 2 is 1.70 bits per heavy atom. The van der Waals surface area contributed by atoms with Crippen LogP contribution in [0, 0.1) is 11.6 Å². The Morgan fingerprint density at radius 3 is 2.40 bits per heavy atom. The van der Waals surface area contributed by atoms with Gasteiger partial charge in [-0.25, -0.2) is 17.2 Å². The number of rotatable bonds is 9. The molecule has 3 aromatic rings. The lowest BCUT2D eigenvalue weighted by molar-refractivity contribution is -0.117. The molecule has 3 aromatic carbocycles. The lowest BCUT2D eigenvalue weighted by atomic mass is 9.84. The van der Waals surface area contributed by atoms with Crippen molar-refractivity contribution >= 4 is 21.6 Å². The topological polar surface area (TPSA) is 105 Å². The monoisotopic (exact) mass is 608 g/mol. The van der Waals surface area contributed by atoms with E-state index in [0.29, 0.717) is 48.7 Å². The maximum atomic E-state index is 15.2. The van der Waals surface area contributed by atoms with Gasteiger partial charge in [0.2, 0.25) is 15.9 Å². The van der Waals surface area contributed by atoms with Crippen molar-refractivity contribution in [2.24, 2.45) is 5.73 Å². The van der Waals surface area contributed by atoms with Gasteiger partial charge in [0.05, 0.1) is 11.8 Å². The summed E-state index contributed by atoms with van der Waals surface area (Å²) in [7, 11) is -3.38. The molecule has 1 saturated carbocycles. The van der Waals surface area contributed by atoms with Gasteiger partial charge in [0.25, 0.3) is 0 Å². The third kappa shape index (κ3) is 6.67. The number of sulfonamides is 1. The normalized spacial score (nSPS) is 24.5. The van der Waals surface area contributed by atoms with Crippen molar-refractivity contribution in [2.75, 3.05) is 24.2 Å². The summed E-state index contributed by atoms with van der Waals surface area (Å²) < 4.78 is 56.3. The third-order valence-corrected chi connectivity index (χ3v) is 11.1. The highest BCUT2D eigenvalue weighted by Crippen LogP contribution is 2.41. The molecule has 7 nitrogen and oxygen atoms in total. The first-order valence-corrected chi connectivity index (χ1v) is 16.7. The molecule has 0 radical (unpaired) electrons. The number of anilines is 1. The molecule has 10 heteroatoms. The Kier molecular flexibility index (Phi) is 8.64. The first kappa shape index (κ1) is 29.9. The van der Waals surface area contributed by atoms with E-state index < -0.39 is 33.7 Å². The van der Waals surface area contributed by atoms with Crippen LogP contribution in [0.4, 0.5) is 14.5 Å². The van der Waals surface area contributed by atoms with Crippen molar-refractivity contribution < 1.29 is 22.0 Å². The molecule has 2 aliphatic heterocycles. The number of piperazine rings is 1. The van der Waals surface area contributed by atoms with Crippen LogP contribution in [0.2, 0.25) is 0 Å². The molecule has 5 unspecified atom stereocenters. The van der Waals surface area contributed by atoms with E-state index in [2.05, 4.69) is 22.8 Å². The lowest BCUT2D eigenvalue weighted by Gasteiger charge is -2.37. The van der Waals surface area contributed by atoms with Crippen molar-refractivity contribution in [1.82, 2.24) is 9.62 Å². The molecule has 1 aliphatic carbocycles. The number of benzene rings is 3. The molecule has 3 aliphatic rings. The summed E-state index contributed by atoms with van der Waals surface area (Å²) in [6.07, 6.45) is 4.42. The van der Waals surface area contributed by atoms with Gasteiger partial charge in [0.1, 0.15) is 11.6 Å². The number of nitrogens with two attached hydrogens (primary N) is 1. The van der Waals surface area contributed by atoms with Crippen LogP contribution in [-0.4, -0.2) is 55.6 Å². The number of halogens is 2. The first-order chi connectivity index (χ1) is 20.7. The predicted molar refractivity (Wildman–Crippen MR) is 163 cm³/mol. The quantitative estimate of drug-likeness (QED) is 0.329. The van der Waals surface area contributed by atoms with E-state index >= 15 is 4.39 Å². The minimum Gasteiger partial charge on any atom is -0.324 e. The van der Waals surface area contributed by atoms with E-state index in [1.807, 2.05) is 12.1 Å². The summed E-state index contributed by atoms with van der Waals surface area (Å²) in [5.74, 6) is -1.21. The molecule has 4 N–H and O–H groups in total. The van der Waals surface area contributed by atoms with Crippen LogP contribution in [-0.2, 0) is 21.2 Å². The minimum atomic E-state index is -3.38. The molecule has 3 fully saturated rings. The zero-order valence-electron chi connectivity index (χ0n) is 24.0. The Balaban J connectivity index is 1.21. The molecule has 43 heavy (non-hydrogen) atoms. The van der Waals surface area contributed by atoms with E-state index in [0.717, 1.165) is 12.0 Å². The van der Waals surface area contributed by atoms with Gasteiger partial charge in [-0.3, -0.25) is 4.79 Å². The average molecular weight is 609 g/mol. The summed E-state index contributed by atoms with van der Waals surface area (Å²) >= 11 is 0. The second-order valence-electron chi connectivity index (χ2n) is 12.1. The molecule has 2 saturated heterocycles. The van der Waals surface area contributed by atoms with Crippen LogP contribution in [0.5, 0.6) is 0 Å². The second-order valence-corrected chi connectivity index (χ2v) is 14.1. The number of carbonyl (C=O) groups excluding carboxylic acids is 1. The number of amides is 1. The van der Waals surface area contributed by atoms with Crippen LogP contribution < -0.4 is 16.4 Å². The zero-order valence-corrected chi connectivity index (χ0v) is 24.8. The lowest BCUT2D eigenvalue weighted by Crippen LogP contribution is -2.57. The Hall–Kier alpha value is -3.18. The van der Waals surface area contributed by atoms with Crippen molar-refractivity contribution in [3.05, 3.63) is 101 Å². The summed E-state index contributed by atoms with van der Waals surface area (Å²) in [5.41, 5.74) is 10.0. The van der Waals surface area contributed by atoms with Crippen LogP contribution in [0.25, 0.3) is 0 Å². The van der Waals surface area contributed by atoms with Crippen molar-refractivity contribution in [2.45, 2.75) is 68.5 Å². The van der Waals surface area contributed by atoms with E-state index in [4.69, 9.17) is 5.73 Å². The summed E-state index contributed by atoms with van der Waals surface area (Å²) in [5, 5.41) is 6.30. The molecule has 0 aromatic heterocycles. The Morgan fingerprint density at radius 1 is 1.00 bits per heavy atom. The van der Waals surface area contributed by atoms with Crippen molar-refractivity contribution in [1.29, 1.82) is 0 Å². The SMILES string of the molecule is NC(C(=O)Nc1cccc(F)c1CCC1CNC2CCCS(=O)(=O)N1C2)C(c1ccc(F)cc1)c1ccc(C2CC2)cc1. The molecular weight excluding hydrogens is 570 g/mol. The van der Waals surface area contributed by atoms with E-state index in [1.54, 1.807) is 22.5 Å². The van der Waals surface area contributed by atoms with Crippen molar-refractivity contribution in [3.8, 4) is 0 Å². The fourth-order valence-corrected chi connectivity index (χ4v) is 8.33. The summed E-state index contributed by atoms with van der Waals surface area (Å²) in [6, 6.07) is 17.3. The van der Waals surface area contributed by atoms with Gasteiger partial charge < -0.3 is 16.4 Å². The fraction of sp³-hybridized carbons (Fsp3) is 0.424. The first-order valence-electron chi connectivity index (χ1n) is 15.1. The summed E-state index contributed by atoms with van der Waals surface area (Å²) in [4.78, 5) is 13.7. The second kappa shape index (κ2) is 12.4. The van der Waals surface area contributed by atoms with Gasteiger partial charge >= 0.3 is 0 Å². The standard InChI is InChI=1S/C33H38F2N4O3S/c34-25-14-12-24(13-15-25)31(23-10-8-22(9-11-23)21-6-7-21)32(36)33(40)38-30-5-1-4-29(35)28(30)17-16-27-19-37-26-3-2-18-43(41,42)39(27)20-26/h1,4-5,8-15,21,26-27,31-32,37H,2-3,6-7,16-20,36H2,(H,38,40). The maximum absolute atomic E-state index is 15.2. The fourth-order valence-electron chi connectivity index (χ4n) is 6.52. The molecule has 2 heterocycles. The van der Waals surface area contributed by atoms with Gasteiger partial charge in [0, 0.05) is 42.3 Å². The van der Waals surface area contributed by atoms with Gasteiger partial charge in [0.15, 0.2) is 0 Å². The number of carbonyl (C=O) groups is 1. The largest absolute Gasteiger partial charge is 0.324 e. The molecule has 1 amide bonds. The minimum absolute atomic E-state index is 0.124. The maximum Gasteiger partial charge on any atom is 0.242 e. The highest BCUT2D eigenvalue weighted by Gasteiger charge is 2.38. The number of nitrogens with one attached hydrogen (secondary N) is 2. The van der Waals surface area contributed by atoms with Crippen LogP contribution in [0.3, 0.4) is 0 Å². The van der Waals surface area contributed by atoms with E-state index in [1.165, 1.54) is 42.7 Å². The molecule has 5 atom stereocenters. The molecular formula is C33H38F2N4O3S. The van der Waals surface area contributed by atoms with E-state index in [-0.39, 0.29) is 30.1 Å². The number of hydrogen-bond donors (Lipinski definition) is 3. The molecule has 228 valence electrons. The summed E-state index contributed by atoms with van der Waals surface area (Å²) in [6.45, 7) is 0.929. The highest BCUT2D eigenvalue weighted by molar-refractivity contribution is 7.89. The van der Waals surface area contributed by atoms with Gasteiger partial charge in [-0.1, -0.05) is 42.5 Å². The third-order valence-electron chi connectivity index (χ3n) is 9.10.